The maximum absolute atomic E-state index is 11.4. The highest BCUT2D eigenvalue weighted by atomic mass is 16.5. The summed E-state index contributed by atoms with van der Waals surface area (Å²) in [4.78, 5) is 17.6. The molecular formula is C17H24N2O3. The first-order valence-corrected chi connectivity index (χ1v) is 8.02. The molecule has 120 valence electrons. The Morgan fingerprint density at radius 3 is 2.95 bits per heavy atom. The predicted octanol–water partition coefficient (Wildman–Crippen LogP) is 2.02. The number of aromatic nitrogens is 1. The maximum Gasteiger partial charge on any atom is 0.219 e. The van der Waals surface area contributed by atoms with E-state index < -0.39 is 0 Å². The van der Waals surface area contributed by atoms with E-state index in [9.17, 15) is 4.79 Å². The molecule has 1 aromatic rings. The summed E-state index contributed by atoms with van der Waals surface area (Å²) in [7, 11) is 0. The second-order valence-electron chi connectivity index (χ2n) is 6.48. The molecule has 0 aliphatic carbocycles. The molecule has 1 aromatic heterocycles. The maximum atomic E-state index is 11.4. The second-order valence-corrected chi connectivity index (χ2v) is 6.48. The van der Waals surface area contributed by atoms with E-state index in [1.165, 1.54) is 0 Å². The van der Waals surface area contributed by atoms with E-state index in [2.05, 4.69) is 4.98 Å². The number of hydrogen-bond donors (Lipinski definition) is 0. The van der Waals surface area contributed by atoms with Gasteiger partial charge in [0.25, 0.3) is 0 Å². The zero-order chi connectivity index (χ0) is 15.4. The molecule has 2 aliphatic rings. The summed E-state index contributed by atoms with van der Waals surface area (Å²) in [6.07, 6.45) is 5.09. The van der Waals surface area contributed by atoms with Gasteiger partial charge < -0.3 is 14.4 Å². The molecule has 2 saturated heterocycles. The van der Waals surface area contributed by atoms with Crippen molar-refractivity contribution >= 4 is 5.91 Å². The van der Waals surface area contributed by atoms with E-state index in [1.54, 1.807) is 13.1 Å². The lowest BCUT2D eigenvalue weighted by Crippen LogP contribution is -2.42. The Kier molecular flexibility index (Phi) is 4.74. The third-order valence-electron chi connectivity index (χ3n) is 4.84. The Hall–Kier alpha value is -1.46. The highest BCUT2D eigenvalue weighted by molar-refractivity contribution is 5.73. The Morgan fingerprint density at radius 2 is 2.27 bits per heavy atom. The first-order chi connectivity index (χ1) is 10.7. The molecule has 0 saturated carbocycles. The van der Waals surface area contributed by atoms with Crippen LogP contribution in [0.25, 0.3) is 0 Å². The van der Waals surface area contributed by atoms with Crippen molar-refractivity contribution < 1.29 is 14.3 Å². The Labute approximate surface area is 131 Å². The highest BCUT2D eigenvalue weighted by Gasteiger charge is 2.42. The lowest BCUT2D eigenvalue weighted by atomic mass is 9.76. The second kappa shape index (κ2) is 6.75. The van der Waals surface area contributed by atoms with Gasteiger partial charge in [0.05, 0.1) is 31.6 Å². The molecule has 3 heterocycles. The standard InChI is InChI=1S/C17H24N2O3/c1-14(20)19-8-5-17(6-9-19)10-16(22-13-17)12-21-11-15-4-2-3-7-18-15/h2-4,7,16H,5-6,8-13H2,1H3/t16-/m1/s1. The van der Waals surface area contributed by atoms with Gasteiger partial charge in [-0.05, 0) is 36.8 Å². The van der Waals surface area contributed by atoms with Crippen LogP contribution < -0.4 is 0 Å². The number of carbonyl (C=O) groups excluding carboxylic acids is 1. The fraction of sp³-hybridized carbons (Fsp3) is 0.647. The Bertz CT molecular complexity index is 498. The van der Waals surface area contributed by atoms with Crippen LogP contribution in [-0.2, 0) is 20.9 Å². The fourth-order valence-electron chi connectivity index (χ4n) is 3.43. The SMILES string of the molecule is CC(=O)N1CCC2(CC1)CO[C@@H](COCc1ccccn1)C2. The molecule has 0 radical (unpaired) electrons. The summed E-state index contributed by atoms with van der Waals surface area (Å²) in [6, 6.07) is 5.84. The molecule has 2 fully saturated rings. The van der Waals surface area contributed by atoms with Crippen molar-refractivity contribution in [2.24, 2.45) is 5.41 Å². The number of pyridine rings is 1. The van der Waals surface area contributed by atoms with E-state index in [4.69, 9.17) is 9.47 Å². The molecule has 0 bridgehead atoms. The summed E-state index contributed by atoms with van der Waals surface area (Å²) >= 11 is 0. The number of likely N-dealkylation sites (tertiary alicyclic amines) is 1. The van der Waals surface area contributed by atoms with Crippen LogP contribution in [0.15, 0.2) is 24.4 Å². The molecule has 1 atom stereocenters. The number of ether oxygens (including phenoxy) is 2. The number of carbonyl (C=O) groups is 1. The van der Waals surface area contributed by atoms with Gasteiger partial charge in [-0.25, -0.2) is 0 Å². The molecule has 1 spiro atoms. The van der Waals surface area contributed by atoms with Gasteiger partial charge in [-0.1, -0.05) is 6.07 Å². The molecule has 0 N–H and O–H groups in total. The van der Waals surface area contributed by atoms with Crippen LogP contribution in [0, 0.1) is 5.41 Å². The summed E-state index contributed by atoms with van der Waals surface area (Å²) < 4.78 is 11.7. The van der Waals surface area contributed by atoms with Crippen molar-refractivity contribution in [3.63, 3.8) is 0 Å². The third kappa shape index (κ3) is 3.65. The molecule has 22 heavy (non-hydrogen) atoms. The van der Waals surface area contributed by atoms with Gasteiger partial charge in [0.2, 0.25) is 5.91 Å². The van der Waals surface area contributed by atoms with Crippen molar-refractivity contribution in [2.75, 3.05) is 26.3 Å². The van der Waals surface area contributed by atoms with Gasteiger partial charge in [-0.3, -0.25) is 9.78 Å². The molecule has 0 unspecified atom stereocenters. The molecule has 1 amide bonds. The van der Waals surface area contributed by atoms with E-state index in [1.807, 2.05) is 23.1 Å². The Balaban J connectivity index is 1.42. The minimum absolute atomic E-state index is 0.174. The van der Waals surface area contributed by atoms with E-state index in [0.29, 0.717) is 13.2 Å². The van der Waals surface area contributed by atoms with Crippen LogP contribution in [0.3, 0.4) is 0 Å². The Morgan fingerprint density at radius 1 is 1.45 bits per heavy atom. The number of nitrogens with zero attached hydrogens (tertiary/aromatic N) is 2. The van der Waals surface area contributed by atoms with E-state index in [0.717, 1.165) is 44.7 Å². The van der Waals surface area contributed by atoms with Gasteiger partial charge in [0, 0.05) is 26.2 Å². The van der Waals surface area contributed by atoms with Crippen molar-refractivity contribution in [1.82, 2.24) is 9.88 Å². The normalized spacial score (nSPS) is 23.9. The van der Waals surface area contributed by atoms with Crippen molar-refractivity contribution in [3.05, 3.63) is 30.1 Å². The number of rotatable bonds is 4. The van der Waals surface area contributed by atoms with Gasteiger partial charge in [-0.2, -0.15) is 0 Å². The van der Waals surface area contributed by atoms with Gasteiger partial charge in [0.1, 0.15) is 0 Å². The smallest absolute Gasteiger partial charge is 0.219 e. The van der Waals surface area contributed by atoms with Crippen molar-refractivity contribution in [3.8, 4) is 0 Å². The third-order valence-corrected chi connectivity index (χ3v) is 4.84. The zero-order valence-electron chi connectivity index (χ0n) is 13.2. The summed E-state index contributed by atoms with van der Waals surface area (Å²) in [5, 5.41) is 0. The van der Waals surface area contributed by atoms with Gasteiger partial charge >= 0.3 is 0 Å². The number of amides is 1. The summed E-state index contributed by atoms with van der Waals surface area (Å²) in [5.74, 6) is 0.184. The van der Waals surface area contributed by atoms with Crippen molar-refractivity contribution in [1.29, 1.82) is 0 Å². The highest BCUT2D eigenvalue weighted by Crippen LogP contribution is 2.42. The number of piperidine rings is 1. The van der Waals surface area contributed by atoms with Crippen LogP contribution in [0.4, 0.5) is 0 Å². The predicted molar refractivity (Wildman–Crippen MR) is 82.2 cm³/mol. The van der Waals surface area contributed by atoms with Crippen LogP contribution in [0.1, 0.15) is 31.9 Å². The van der Waals surface area contributed by atoms with Gasteiger partial charge in [-0.15, -0.1) is 0 Å². The topological polar surface area (TPSA) is 51.7 Å². The first-order valence-electron chi connectivity index (χ1n) is 8.02. The zero-order valence-corrected chi connectivity index (χ0v) is 13.2. The summed E-state index contributed by atoms with van der Waals surface area (Å²) in [6.45, 7) is 5.33. The van der Waals surface area contributed by atoms with E-state index in [-0.39, 0.29) is 17.4 Å². The average Bonchev–Trinajstić information content (AvgIpc) is 2.92. The molecule has 3 rings (SSSR count). The molecule has 5 nitrogen and oxygen atoms in total. The minimum Gasteiger partial charge on any atom is -0.375 e. The lowest BCUT2D eigenvalue weighted by molar-refractivity contribution is -0.131. The molecule has 2 aliphatic heterocycles. The summed E-state index contributed by atoms with van der Waals surface area (Å²) in [5.41, 5.74) is 1.20. The number of hydrogen-bond acceptors (Lipinski definition) is 4. The first kappa shape index (κ1) is 15.4. The molecule has 5 heteroatoms. The van der Waals surface area contributed by atoms with Crippen LogP contribution in [0.5, 0.6) is 0 Å². The quantitative estimate of drug-likeness (QED) is 0.854. The fourth-order valence-corrected chi connectivity index (χ4v) is 3.43. The van der Waals surface area contributed by atoms with Crippen LogP contribution >= 0.6 is 0 Å². The average molecular weight is 304 g/mol. The van der Waals surface area contributed by atoms with Crippen LogP contribution in [-0.4, -0.2) is 48.2 Å². The largest absolute Gasteiger partial charge is 0.375 e. The molecular weight excluding hydrogens is 280 g/mol. The van der Waals surface area contributed by atoms with Gasteiger partial charge in [0.15, 0.2) is 0 Å². The van der Waals surface area contributed by atoms with Crippen molar-refractivity contribution in [2.45, 2.75) is 38.9 Å². The van der Waals surface area contributed by atoms with E-state index >= 15 is 0 Å². The lowest BCUT2D eigenvalue weighted by Gasteiger charge is -2.38. The monoisotopic (exact) mass is 304 g/mol. The minimum atomic E-state index is 0.174. The molecule has 0 aromatic carbocycles. The van der Waals surface area contributed by atoms with Crippen LogP contribution in [0.2, 0.25) is 0 Å².